The number of hydrogen-bond acceptors (Lipinski definition) is 8. The van der Waals surface area contributed by atoms with Gasteiger partial charge in [-0.25, -0.2) is 14.5 Å². The third-order valence-electron chi connectivity index (χ3n) is 5.34. The van der Waals surface area contributed by atoms with Crippen molar-refractivity contribution in [3.05, 3.63) is 42.0 Å². The molecule has 0 amide bonds. The summed E-state index contributed by atoms with van der Waals surface area (Å²) in [6.45, 7) is 5.17. The number of alkyl halides is 3. The van der Waals surface area contributed by atoms with Crippen LogP contribution < -0.4 is 15.5 Å². The first-order chi connectivity index (χ1) is 16.7. The van der Waals surface area contributed by atoms with E-state index in [1.807, 2.05) is 43.0 Å². The van der Waals surface area contributed by atoms with Crippen molar-refractivity contribution in [1.82, 2.24) is 34.9 Å². The van der Waals surface area contributed by atoms with Gasteiger partial charge in [0.25, 0.3) is 6.47 Å². The Morgan fingerprint density at radius 2 is 1.89 bits per heavy atom. The second-order valence-electron chi connectivity index (χ2n) is 8.17. The van der Waals surface area contributed by atoms with E-state index in [1.54, 1.807) is 0 Å². The van der Waals surface area contributed by atoms with Crippen molar-refractivity contribution in [2.45, 2.75) is 38.7 Å². The maximum absolute atomic E-state index is 13.6. The minimum absolute atomic E-state index is 0.00779. The quantitative estimate of drug-likeness (QED) is 0.318. The first kappa shape index (κ1) is 24.2. The van der Waals surface area contributed by atoms with Crippen LogP contribution in [-0.2, 0) is 17.5 Å². The zero-order valence-corrected chi connectivity index (χ0v) is 18.9. The summed E-state index contributed by atoms with van der Waals surface area (Å²) < 4.78 is 41.5. The van der Waals surface area contributed by atoms with E-state index in [-0.39, 0.29) is 42.5 Å². The summed E-state index contributed by atoms with van der Waals surface area (Å²) in [5, 5.41) is 17.6. The number of nitrogens with one attached hydrogen (secondary N) is 3. The number of carboxylic acid groups (broad SMARTS) is 1. The Balaban J connectivity index is 0.000000917. The summed E-state index contributed by atoms with van der Waals surface area (Å²) in [4.78, 5) is 26.4. The monoisotopic (exact) mass is 491 g/mol. The number of aromatic nitrogens is 6. The molecule has 186 valence electrons. The molecule has 0 radical (unpaired) electrons. The van der Waals surface area contributed by atoms with Crippen molar-refractivity contribution in [3.8, 4) is 0 Å². The van der Waals surface area contributed by atoms with Crippen LogP contribution in [0.15, 0.2) is 30.5 Å². The minimum Gasteiger partial charge on any atom is -0.483 e. The highest BCUT2D eigenvalue weighted by atomic mass is 19.4. The van der Waals surface area contributed by atoms with Crippen LogP contribution in [0.5, 0.6) is 0 Å². The molecule has 3 aromatic heterocycles. The second-order valence-corrected chi connectivity index (χ2v) is 8.17. The Kier molecular flexibility index (Phi) is 6.73. The molecule has 1 fully saturated rings. The van der Waals surface area contributed by atoms with E-state index in [4.69, 9.17) is 9.90 Å². The van der Waals surface area contributed by atoms with Crippen LogP contribution in [0.3, 0.4) is 0 Å². The molecule has 1 aliphatic rings. The van der Waals surface area contributed by atoms with Gasteiger partial charge in [0.2, 0.25) is 5.95 Å². The number of benzene rings is 1. The Morgan fingerprint density at radius 3 is 2.54 bits per heavy atom. The van der Waals surface area contributed by atoms with Gasteiger partial charge < -0.3 is 25.6 Å². The van der Waals surface area contributed by atoms with Crippen molar-refractivity contribution >= 4 is 34.9 Å². The number of hydrogen-bond donors (Lipinski definition) is 4. The molecular weight excluding hydrogens is 467 g/mol. The fraction of sp³-hybridized carbons (Fsp3) is 0.381. The summed E-state index contributed by atoms with van der Waals surface area (Å²) in [7, 11) is 0. The fourth-order valence-corrected chi connectivity index (χ4v) is 4.06. The molecule has 35 heavy (non-hydrogen) atoms. The average Bonchev–Trinajstić information content (AvgIpc) is 3.41. The molecule has 0 saturated carbocycles. The average molecular weight is 491 g/mol. The molecule has 0 aliphatic carbocycles. The number of carbonyl (C=O) groups is 1. The van der Waals surface area contributed by atoms with Gasteiger partial charge in [0, 0.05) is 25.2 Å². The van der Waals surface area contributed by atoms with Crippen LogP contribution in [0.2, 0.25) is 0 Å². The molecule has 5 rings (SSSR count). The van der Waals surface area contributed by atoms with Crippen molar-refractivity contribution in [2.75, 3.05) is 23.3 Å². The lowest BCUT2D eigenvalue weighted by atomic mass is 10.1. The lowest BCUT2D eigenvalue weighted by Gasteiger charge is -2.36. The molecule has 0 bridgehead atoms. The number of para-hydroxylation sites is 2. The maximum atomic E-state index is 13.6. The fourth-order valence-electron chi connectivity index (χ4n) is 4.06. The Morgan fingerprint density at radius 1 is 1.20 bits per heavy atom. The van der Waals surface area contributed by atoms with Crippen LogP contribution >= 0.6 is 0 Å². The van der Waals surface area contributed by atoms with Gasteiger partial charge in [-0.2, -0.15) is 18.2 Å². The molecule has 1 saturated heterocycles. The van der Waals surface area contributed by atoms with Gasteiger partial charge in [-0.3, -0.25) is 4.79 Å². The van der Waals surface area contributed by atoms with Gasteiger partial charge in [-0.1, -0.05) is 12.1 Å². The number of imidazole rings is 2. The normalized spacial score (nSPS) is 18.4. The van der Waals surface area contributed by atoms with E-state index in [1.165, 1.54) is 0 Å². The number of H-pyrrole nitrogens is 1. The van der Waals surface area contributed by atoms with Crippen molar-refractivity contribution < 1.29 is 23.1 Å². The molecule has 4 heterocycles. The smallest absolute Gasteiger partial charge is 0.435 e. The van der Waals surface area contributed by atoms with Crippen molar-refractivity contribution in [1.29, 1.82) is 0 Å². The highest BCUT2D eigenvalue weighted by Crippen LogP contribution is 2.31. The molecule has 4 N–H and O–H groups in total. The van der Waals surface area contributed by atoms with Gasteiger partial charge in [0.1, 0.15) is 5.82 Å². The molecule has 1 aromatic carbocycles. The molecule has 1 aliphatic heterocycles. The van der Waals surface area contributed by atoms with Gasteiger partial charge >= 0.3 is 6.18 Å². The zero-order valence-electron chi connectivity index (χ0n) is 18.9. The highest BCUT2D eigenvalue weighted by Gasteiger charge is 2.36. The Labute approximate surface area is 197 Å². The standard InChI is InChI=1S/C20H22F3N9.CH2O2/c1-11-9-31(10-12(2)26-11)19-29-17(18-25-7-15(20(21,22)23)32(18)30-19)24-8-16-27-13-5-3-4-6-14(13)28-16;2-1-3/h3-7,11-12,26H,8-10H2,1-2H3,(H,27,28)(H,24,29,30);1H,(H,2,3)/t11-,12+;. The van der Waals surface area contributed by atoms with E-state index < -0.39 is 11.9 Å². The van der Waals surface area contributed by atoms with E-state index >= 15 is 0 Å². The number of rotatable bonds is 4. The van der Waals surface area contributed by atoms with Crippen LogP contribution in [0.4, 0.5) is 24.9 Å². The summed E-state index contributed by atoms with van der Waals surface area (Å²) in [5.41, 5.74) is 0.746. The van der Waals surface area contributed by atoms with Gasteiger partial charge in [-0.05, 0) is 26.0 Å². The van der Waals surface area contributed by atoms with Crippen LogP contribution in [-0.4, -0.2) is 66.3 Å². The van der Waals surface area contributed by atoms with Crippen molar-refractivity contribution in [2.24, 2.45) is 0 Å². The molecular formula is C21H24F3N9O2. The van der Waals surface area contributed by atoms with E-state index in [0.717, 1.165) is 21.7 Å². The predicted octanol–water partition coefficient (Wildman–Crippen LogP) is 2.52. The van der Waals surface area contributed by atoms with E-state index in [9.17, 15) is 13.2 Å². The van der Waals surface area contributed by atoms with Crippen molar-refractivity contribution in [3.63, 3.8) is 0 Å². The summed E-state index contributed by atoms with van der Waals surface area (Å²) >= 11 is 0. The third-order valence-corrected chi connectivity index (χ3v) is 5.34. The van der Waals surface area contributed by atoms with Crippen LogP contribution in [0, 0.1) is 0 Å². The minimum atomic E-state index is -4.59. The summed E-state index contributed by atoms with van der Waals surface area (Å²) in [6.07, 6.45) is -3.81. The van der Waals surface area contributed by atoms with E-state index in [0.29, 0.717) is 18.9 Å². The third kappa shape index (κ3) is 5.26. The number of fused-ring (bicyclic) bond motifs is 2. The molecule has 14 heteroatoms. The molecule has 0 unspecified atom stereocenters. The van der Waals surface area contributed by atoms with E-state index in [2.05, 4.69) is 35.7 Å². The molecule has 2 atom stereocenters. The topological polar surface area (TPSA) is 136 Å². The number of piperazine rings is 1. The lowest BCUT2D eigenvalue weighted by Crippen LogP contribution is -2.54. The lowest BCUT2D eigenvalue weighted by molar-refractivity contribution is -0.142. The Hall–Kier alpha value is -3.94. The SMILES string of the molecule is C[C@@H]1CN(c2nc(NCc3nc4ccccc4[nH]3)c3ncc(C(F)(F)F)n3n2)C[C@H](C)N1.O=CO. The maximum Gasteiger partial charge on any atom is 0.435 e. The first-order valence-corrected chi connectivity index (χ1v) is 10.8. The van der Waals surface area contributed by atoms with Gasteiger partial charge in [0.15, 0.2) is 17.2 Å². The summed E-state index contributed by atoms with van der Waals surface area (Å²) in [5.74, 6) is 1.06. The van der Waals surface area contributed by atoms with Gasteiger partial charge in [0.05, 0.1) is 23.8 Å². The molecule has 11 nitrogen and oxygen atoms in total. The van der Waals surface area contributed by atoms with Crippen LogP contribution in [0.25, 0.3) is 16.7 Å². The number of aromatic amines is 1. The number of nitrogens with zero attached hydrogens (tertiary/aromatic N) is 6. The van der Waals surface area contributed by atoms with Gasteiger partial charge in [-0.15, -0.1) is 5.10 Å². The summed E-state index contributed by atoms with van der Waals surface area (Å²) in [6, 6.07) is 7.87. The molecule has 0 spiro atoms. The Bertz CT molecular complexity index is 1280. The van der Waals surface area contributed by atoms with Crippen LogP contribution in [0.1, 0.15) is 25.4 Å². The largest absolute Gasteiger partial charge is 0.483 e. The number of anilines is 2. The number of halogens is 3. The molecule has 4 aromatic rings. The highest BCUT2D eigenvalue weighted by molar-refractivity contribution is 5.75. The second kappa shape index (κ2) is 9.74. The predicted molar refractivity (Wildman–Crippen MR) is 122 cm³/mol. The first-order valence-electron chi connectivity index (χ1n) is 10.8. The zero-order chi connectivity index (χ0) is 25.2.